The lowest BCUT2D eigenvalue weighted by Gasteiger charge is -2.18. The van der Waals surface area contributed by atoms with Crippen molar-refractivity contribution in [2.75, 3.05) is 6.61 Å². The first-order chi connectivity index (χ1) is 10.1. The maximum Gasteiger partial charge on any atom is 0.327 e. The molecule has 1 aromatic carbocycles. The molecule has 1 aromatic heterocycles. The highest BCUT2D eigenvalue weighted by Crippen LogP contribution is 2.17. The third-order valence-electron chi connectivity index (χ3n) is 2.98. The summed E-state index contributed by atoms with van der Waals surface area (Å²) in [5.41, 5.74) is 1.75. The van der Waals surface area contributed by atoms with Crippen molar-refractivity contribution in [2.24, 2.45) is 0 Å². The Labute approximate surface area is 124 Å². The van der Waals surface area contributed by atoms with Crippen LogP contribution in [0.25, 0.3) is 5.69 Å². The predicted molar refractivity (Wildman–Crippen MR) is 81.2 cm³/mol. The van der Waals surface area contributed by atoms with E-state index in [1.165, 1.54) is 0 Å². The van der Waals surface area contributed by atoms with Crippen molar-refractivity contribution in [3.63, 3.8) is 0 Å². The van der Waals surface area contributed by atoms with Crippen molar-refractivity contribution in [1.82, 2.24) is 15.1 Å². The Morgan fingerprint density at radius 1 is 1.33 bits per heavy atom. The van der Waals surface area contributed by atoms with Gasteiger partial charge in [-0.25, -0.2) is 9.48 Å². The van der Waals surface area contributed by atoms with Gasteiger partial charge in [-0.05, 0) is 32.9 Å². The fourth-order valence-corrected chi connectivity index (χ4v) is 2.07. The Hall–Kier alpha value is -2.14. The molecule has 0 saturated carbocycles. The molecule has 0 radical (unpaired) electrons. The lowest BCUT2D eigenvalue weighted by atomic mass is 10.1. The average molecular weight is 287 g/mol. The number of rotatable bonds is 6. The summed E-state index contributed by atoms with van der Waals surface area (Å²) in [6.07, 6.45) is 3.55. The van der Waals surface area contributed by atoms with Gasteiger partial charge in [0.05, 0.1) is 18.5 Å². The number of nitrogens with one attached hydrogen (secondary N) is 1. The van der Waals surface area contributed by atoms with Crippen LogP contribution in [-0.2, 0) is 9.53 Å². The van der Waals surface area contributed by atoms with E-state index in [1.807, 2.05) is 50.4 Å². The largest absolute Gasteiger partial charge is 0.465 e. The second kappa shape index (κ2) is 7.04. The fraction of sp³-hybridized carbons (Fsp3) is 0.375. The smallest absolute Gasteiger partial charge is 0.327 e. The summed E-state index contributed by atoms with van der Waals surface area (Å²) in [5, 5.41) is 7.54. The van der Waals surface area contributed by atoms with Gasteiger partial charge in [-0.3, -0.25) is 5.32 Å². The fourth-order valence-electron chi connectivity index (χ4n) is 2.07. The molecule has 0 spiro atoms. The summed E-state index contributed by atoms with van der Waals surface area (Å²) in [6.45, 7) is 6.15. The first-order valence-corrected chi connectivity index (χ1v) is 7.14. The predicted octanol–water partition coefficient (Wildman–Crippen LogP) is 2.47. The van der Waals surface area contributed by atoms with Crippen LogP contribution < -0.4 is 5.32 Å². The lowest BCUT2D eigenvalue weighted by Crippen LogP contribution is -2.34. The van der Waals surface area contributed by atoms with E-state index >= 15 is 0 Å². The number of ether oxygens (including phenoxy) is 1. The summed E-state index contributed by atoms with van der Waals surface area (Å²) in [7, 11) is 0. The molecule has 0 fully saturated rings. The molecule has 5 heteroatoms. The minimum atomic E-state index is -0.498. The number of aromatic nitrogens is 2. The Balaban J connectivity index is 2.25. The Morgan fingerprint density at radius 2 is 2.05 bits per heavy atom. The van der Waals surface area contributed by atoms with Crippen molar-refractivity contribution in [2.45, 2.75) is 32.9 Å². The van der Waals surface area contributed by atoms with E-state index in [2.05, 4.69) is 10.4 Å². The highest BCUT2D eigenvalue weighted by molar-refractivity contribution is 5.77. The van der Waals surface area contributed by atoms with Crippen LogP contribution in [-0.4, -0.2) is 28.4 Å². The van der Waals surface area contributed by atoms with Gasteiger partial charge in [0.25, 0.3) is 0 Å². The molecule has 1 unspecified atom stereocenters. The summed E-state index contributed by atoms with van der Waals surface area (Å²) < 4.78 is 6.89. The van der Waals surface area contributed by atoms with Gasteiger partial charge in [-0.1, -0.05) is 18.2 Å². The van der Waals surface area contributed by atoms with Gasteiger partial charge in [0.1, 0.15) is 6.04 Å². The summed E-state index contributed by atoms with van der Waals surface area (Å²) in [6, 6.07) is 9.45. The highest BCUT2D eigenvalue weighted by atomic mass is 16.5. The molecule has 1 atom stereocenters. The number of hydrogen-bond acceptors (Lipinski definition) is 4. The number of carbonyl (C=O) groups is 1. The number of esters is 1. The molecule has 0 saturated heterocycles. The van der Waals surface area contributed by atoms with Gasteiger partial charge < -0.3 is 4.74 Å². The van der Waals surface area contributed by atoms with Crippen molar-refractivity contribution >= 4 is 5.97 Å². The normalized spacial score (nSPS) is 12.4. The minimum absolute atomic E-state index is 0.166. The summed E-state index contributed by atoms with van der Waals surface area (Å²) >= 11 is 0. The second-order valence-electron chi connectivity index (χ2n) is 5.06. The van der Waals surface area contributed by atoms with E-state index in [9.17, 15) is 4.79 Å². The van der Waals surface area contributed by atoms with Gasteiger partial charge in [-0.15, -0.1) is 0 Å². The SMILES string of the molecule is CCOC(=O)C(NC(C)C)c1cnn(-c2ccccc2)c1. The van der Waals surface area contributed by atoms with Crippen molar-refractivity contribution < 1.29 is 9.53 Å². The van der Waals surface area contributed by atoms with Crippen molar-refractivity contribution in [1.29, 1.82) is 0 Å². The van der Waals surface area contributed by atoms with Gasteiger partial charge >= 0.3 is 5.97 Å². The standard InChI is InChI=1S/C16H21N3O2/c1-4-21-16(20)15(18-12(2)3)13-10-17-19(11-13)14-8-6-5-7-9-14/h5-12,15,18H,4H2,1-3H3. The average Bonchev–Trinajstić information content (AvgIpc) is 2.95. The molecule has 112 valence electrons. The van der Waals surface area contributed by atoms with E-state index in [0.29, 0.717) is 6.61 Å². The number of carbonyl (C=O) groups excluding carboxylic acids is 1. The first kappa shape index (κ1) is 15.3. The van der Waals surface area contributed by atoms with E-state index in [0.717, 1.165) is 11.3 Å². The van der Waals surface area contributed by atoms with Crippen LogP contribution in [0.15, 0.2) is 42.7 Å². The molecule has 0 aliphatic heterocycles. The van der Waals surface area contributed by atoms with Crippen LogP contribution in [0.5, 0.6) is 0 Å². The van der Waals surface area contributed by atoms with E-state index in [-0.39, 0.29) is 12.0 Å². The van der Waals surface area contributed by atoms with Gasteiger partial charge in [0.2, 0.25) is 0 Å². The lowest BCUT2D eigenvalue weighted by molar-refractivity contribution is -0.146. The Kier molecular flexibility index (Phi) is 5.11. The molecule has 21 heavy (non-hydrogen) atoms. The number of para-hydroxylation sites is 1. The van der Waals surface area contributed by atoms with Gasteiger partial charge in [0, 0.05) is 17.8 Å². The van der Waals surface area contributed by atoms with Crippen molar-refractivity contribution in [3.8, 4) is 5.69 Å². The number of nitrogens with zero attached hydrogens (tertiary/aromatic N) is 2. The van der Waals surface area contributed by atoms with Crippen LogP contribution in [0.3, 0.4) is 0 Å². The number of benzene rings is 1. The first-order valence-electron chi connectivity index (χ1n) is 7.14. The Morgan fingerprint density at radius 3 is 2.67 bits per heavy atom. The molecule has 1 N–H and O–H groups in total. The maximum absolute atomic E-state index is 12.1. The quantitative estimate of drug-likeness (QED) is 0.829. The zero-order valence-corrected chi connectivity index (χ0v) is 12.6. The minimum Gasteiger partial charge on any atom is -0.465 e. The maximum atomic E-state index is 12.1. The second-order valence-corrected chi connectivity index (χ2v) is 5.06. The third kappa shape index (κ3) is 3.92. The molecule has 2 rings (SSSR count). The van der Waals surface area contributed by atoms with Gasteiger partial charge in [-0.2, -0.15) is 5.10 Å². The monoisotopic (exact) mass is 287 g/mol. The molecule has 0 amide bonds. The van der Waals surface area contributed by atoms with Crippen LogP contribution in [0, 0.1) is 0 Å². The highest BCUT2D eigenvalue weighted by Gasteiger charge is 2.24. The zero-order chi connectivity index (χ0) is 15.2. The third-order valence-corrected chi connectivity index (χ3v) is 2.98. The molecule has 2 aromatic rings. The van der Waals surface area contributed by atoms with E-state index < -0.39 is 6.04 Å². The van der Waals surface area contributed by atoms with Crippen molar-refractivity contribution in [3.05, 3.63) is 48.3 Å². The van der Waals surface area contributed by atoms with Crippen LogP contribution in [0.2, 0.25) is 0 Å². The Bertz CT molecular complexity index is 578. The molecular formula is C16H21N3O2. The van der Waals surface area contributed by atoms with Crippen LogP contribution >= 0.6 is 0 Å². The molecule has 0 aliphatic carbocycles. The zero-order valence-electron chi connectivity index (χ0n) is 12.6. The summed E-state index contributed by atoms with van der Waals surface area (Å²) in [5.74, 6) is -0.279. The van der Waals surface area contributed by atoms with Crippen LogP contribution in [0.1, 0.15) is 32.4 Å². The molecule has 0 bridgehead atoms. The van der Waals surface area contributed by atoms with E-state index in [1.54, 1.807) is 17.8 Å². The topological polar surface area (TPSA) is 56.1 Å². The molecular weight excluding hydrogens is 266 g/mol. The molecule has 0 aliphatic rings. The van der Waals surface area contributed by atoms with E-state index in [4.69, 9.17) is 4.74 Å². The number of hydrogen-bond donors (Lipinski definition) is 1. The molecule has 1 heterocycles. The molecule has 5 nitrogen and oxygen atoms in total. The summed E-state index contributed by atoms with van der Waals surface area (Å²) in [4.78, 5) is 12.1. The van der Waals surface area contributed by atoms with Crippen LogP contribution in [0.4, 0.5) is 0 Å². The van der Waals surface area contributed by atoms with Gasteiger partial charge in [0.15, 0.2) is 0 Å².